The average Bonchev–Trinajstić information content (AvgIpc) is 2.57. The SMILES string of the molecule is Cc1cc(C(=O)c2c(Cl)cccc2Cl)c(C)s1. The van der Waals surface area contributed by atoms with Crippen molar-refractivity contribution in [2.75, 3.05) is 0 Å². The molecule has 0 radical (unpaired) electrons. The monoisotopic (exact) mass is 284 g/mol. The van der Waals surface area contributed by atoms with Gasteiger partial charge in [0.1, 0.15) is 0 Å². The first-order valence-corrected chi connectivity index (χ1v) is 6.63. The van der Waals surface area contributed by atoms with Crippen molar-refractivity contribution in [3.8, 4) is 0 Å². The molecule has 88 valence electrons. The Morgan fingerprint density at radius 1 is 1.18 bits per heavy atom. The molecule has 2 aromatic rings. The van der Waals surface area contributed by atoms with Crippen LogP contribution in [0.1, 0.15) is 25.7 Å². The summed E-state index contributed by atoms with van der Waals surface area (Å²) < 4.78 is 0. The molecule has 0 saturated carbocycles. The maximum atomic E-state index is 12.4. The minimum Gasteiger partial charge on any atom is -0.288 e. The molecule has 0 aliphatic heterocycles. The van der Waals surface area contributed by atoms with Gasteiger partial charge in [0.25, 0.3) is 0 Å². The van der Waals surface area contributed by atoms with Gasteiger partial charge in [0.15, 0.2) is 5.78 Å². The summed E-state index contributed by atoms with van der Waals surface area (Å²) in [4.78, 5) is 14.5. The summed E-state index contributed by atoms with van der Waals surface area (Å²) in [5, 5.41) is 0.788. The normalized spacial score (nSPS) is 10.6. The van der Waals surface area contributed by atoms with E-state index in [9.17, 15) is 4.79 Å². The molecule has 0 amide bonds. The summed E-state index contributed by atoms with van der Waals surface area (Å²) >= 11 is 13.7. The van der Waals surface area contributed by atoms with Crippen LogP contribution in [0.15, 0.2) is 24.3 Å². The van der Waals surface area contributed by atoms with E-state index in [2.05, 4.69) is 0 Å². The Labute approximate surface area is 114 Å². The molecular weight excluding hydrogens is 275 g/mol. The van der Waals surface area contributed by atoms with Crippen LogP contribution in [0.3, 0.4) is 0 Å². The van der Waals surface area contributed by atoms with Gasteiger partial charge in [-0.25, -0.2) is 0 Å². The molecule has 1 heterocycles. The topological polar surface area (TPSA) is 17.1 Å². The lowest BCUT2D eigenvalue weighted by Crippen LogP contribution is -2.03. The Bertz CT molecular complexity index is 567. The quantitative estimate of drug-likeness (QED) is 0.717. The zero-order valence-corrected chi connectivity index (χ0v) is 11.7. The van der Waals surface area contributed by atoms with Crippen molar-refractivity contribution < 1.29 is 4.79 Å². The number of hydrogen-bond acceptors (Lipinski definition) is 2. The summed E-state index contributed by atoms with van der Waals surface area (Å²) in [6, 6.07) is 6.96. The number of carbonyl (C=O) groups excluding carboxylic acids is 1. The lowest BCUT2D eigenvalue weighted by atomic mass is 10.0. The second-order valence-electron chi connectivity index (χ2n) is 3.75. The van der Waals surface area contributed by atoms with Crippen molar-refractivity contribution >= 4 is 40.3 Å². The molecule has 0 N–H and O–H groups in total. The van der Waals surface area contributed by atoms with Crippen LogP contribution in [0, 0.1) is 13.8 Å². The van der Waals surface area contributed by atoms with Crippen LogP contribution in [-0.2, 0) is 0 Å². The number of rotatable bonds is 2. The first-order valence-electron chi connectivity index (χ1n) is 5.06. The molecule has 2 rings (SSSR count). The van der Waals surface area contributed by atoms with Crippen molar-refractivity contribution in [1.82, 2.24) is 0 Å². The third kappa shape index (κ3) is 2.39. The summed E-state index contributed by atoms with van der Waals surface area (Å²) in [7, 11) is 0. The highest BCUT2D eigenvalue weighted by atomic mass is 35.5. The molecule has 0 spiro atoms. The van der Waals surface area contributed by atoms with Gasteiger partial charge in [0, 0.05) is 15.3 Å². The average molecular weight is 285 g/mol. The minimum atomic E-state index is -0.109. The number of hydrogen-bond donors (Lipinski definition) is 0. The van der Waals surface area contributed by atoms with E-state index in [0.29, 0.717) is 21.2 Å². The van der Waals surface area contributed by atoms with Crippen molar-refractivity contribution in [2.45, 2.75) is 13.8 Å². The van der Waals surface area contributed by atoms with E-state index in [1.807, 2.05) is 19.9 Å². The van der Waals surface area contributed by atoms with Crippen LogP contribution < -0.4 is 0 Å². The van der Waals surface area contributed by atoms with Crippen LogP contribution >= 0.6 is 34.5 Å². The van der Waals surface area contributed by atoms with E-state index in [1.54, 1.807) is 29.5 Å². The van der Waals surface area contributed by atoms with Gasteiger partial charge < -0.3 is 0 Å². The maximum absolute atomic E-state index is 12.4. The predicted molar refractivity (Wildman–Crippen MR) is 73.7 cm³/mol. The molecule has 0 aliphatic rings. The van der Waals surface area contributed by atoms with Crippen molar-refractivity contribution in [1.29, 1.82) is 0 Å². The van der Waals surface area contributed by atoms with E-state index >= 15 is 0 Å². The highest BCUT2D eigenvalue weighted by molar-refractivity contribution is 7.12. The van der Waals surface area contributed by atoms with Crippen molar-refractivity contribution in [3.63, 3.8) is 0 Å². The Hall–Kier alpha value is -0.830. The van der Waals surface area contributed by atoms with Gasteiger partial charge in [0.05, 0.1) is 15.6 Å². The molecule has 0 bridgehead atoms. The van der Waals surface area contributed by atoms with E-state index in [0.717, 1.165) is 9.75 Å². The number of aryl methyl sites for hydroxylation is 2. The molecule has 0 aliphatic carbocycles. The second kappa shape index (κ2) is 4.81. The van der Waals surface area contributed by atoms with Gasteiger partial charge in [-0.1, -0.05) is 29.3 Å². The Balaban J connectivity index is 2.55. The molecule has 1 aromatic carbocycles. The van der Waals surface area contributed by atoms with Gasteiger partial charge in [0.2, 0.25) is 0 Å². The zero-order valence-electron chi connectivity index (χ0n) is 9.38. The highest BCUT2D eigenvalue weighted by Crippen LogP contribution is 2.30. The molecule has 0 atom stereocenters. The van der Waals surface area contributed by atoms with Crippen LogP contribution in [0.4, 0.5) is 0 Å². The standard InChI is InChI=1S/C13H10Cl2OS/c1-7-6-9(8(2)17-7)13(16)12-10(14)4-3-5-11(12)15/h3-6H,1-2H3. The largest absolute Gasteiger partial charge is 0.288 e. The molecular formula is C13H10Cl2OS. The lowest BCUT2D eigenvalue weighted by Gasteiger charge is -2.05. The number of benzene rings is 1. The Morgan fingerprint density at radius 2 is 1.76 bits per heavy atom. The van der Waals surface area contributed by atoms with E-state index in [-0.39, 0.29) is 5.78 Å². The van der Waals surface area contributed by atoms with Crippen LogP contribution in [-0.4, -0.2) is 5.78 Å². The zero-order chi connectivity index (χ0) is 12.6. The Morgan fingerprint density at radius 3 is 2.24 bits per heavy atom. The number of ketones is 1. The number of halogens is 2. The maximum Gasteiger partial charge on any atom is 0.197 e. The van der Waals surface area contributed by atoms with Gasteiger partial charge in [-0.2, -0.15) is 0 Å². The second-order valence-corrected chi connectivity index (χ2v) is 6.03. The first kappa shape index (κ1) is 12.6. The fourth-order valence-corrected chi connectivity index (χ4v) is 3.20. The predicted octanol–water partition coefficient (Wildman–Crippen LogP) is 4.90. The summed E-state index contributed by atoms with van der Waals surface area (Å²) in [6.45, 7) is 3.90. The summed E-state index contributed by atoms with van der Waals surface area (Å²) in [5.41, 5.74) is 1.07. The van der Waals surface area contributed by atoms with Crippen LogP contribution in [0.5, 0.6) is 0 Å². The van der Waals surface area contributed by atoms with Gasteiger partial charge >= 0.3 is 0 Å². The summed E-state index contributed by atoms with van der Waals surface area (Å²) in [5.74, 6) is -0.109. The third-order valence-electron chi connectivity index (χ3n) is 2.48. The van der Waals surface area contributed by atoms with Crippen molar-refractivity contribution in [3.05, 3.63) is 55.2 Å². The van der Waals surface area contributed by atoms with E-state index < -0.39 is 0 Å². The highest BCUT2D eigenvalue weighted by Gasteiger charge is 2.19. The molecule has 4 heteroatoms. The molecule has 1 nitrogen and oxygen atoms in total. The van der Waals surface area contributed by atoms with Crippen LogP contribution in [0.25, 0.3) is 0 Å². The van der Waals surface area contributed by atoms with Gasteiger partial charge in [-0.15, -0.1) is 11.3 Å². The molecule has 0 fully saturated rings. The first-order chi connectivity index (χ1) is 8.00. The Kier molecular flexibility index (Phi) is 3.57. The number of thiophene rings is 1. The lowest BCUT2D eigenvalue weighted by molar-refractivity contribution is 0.103. The molecule has 0 unspecified atom stereocenters. The molecule has 0 saturated heterocycles. The van der Waals surface area contributed by atoms with Crippen LogP contribution in [0.2, 0.25) is 10.0 Å². The fraction of sp³-hybridized carbons (Fsp3) is 0.154. The van der Waals surface area contributed by atoms with Crippen molar-refractivity contribution in [2.24, 2.45) is 0 Å². The summed E-state index contributed by atoms with van der Waals surface area (Å²) in [6.07, 6.45) is 0. The molecule has 17 heavy (non-hydrogen) atoms. The third-order valence-corrected chi connectivity index (χ3v) is 4.07. The molecule has 1 aromatic heterocycles. The van der Waals surface area contributed by atoms with Gasteiger partial charge in [-0.05, 0) is 32.0 Å². The smallest absolute Gasteiger partial charge is 0.197 e. The van der Waals surface area contributed by atoms with E-state index in [1.165, 1.54) is 0 Å². The van der Waals surface area contributed by atoms with E-state index in [4.69, 9.17) is 23.2 Å². The fourth-order valence-electron chi connectivity index (χ4n) is 1.71. The number of carbonyl (C=O) groups is 1. The minimum absolute atomic E-state index is 0.109. The van der Waals surface area contributed by atoms with Gasteiger partial charge in [-0.3, -0.25) is 4.79 Å².